The maximum Gasteiger partial charge on any atom is 1.00 e. The molecule has 4 nitrogen and oxygen atoms in total. The van der Waals surface area contributed by atoms with Crippen LogP contribution in [0.15, 0.2) is 186 Å². The van der Waals surface area contributed by atoms with Crippen LogP contribution in [0.4, 0.5) is 0 Å². The number of aromatic nitrogens is 1. The number of hydrogen-bond acceptors (Lipinski definition) is 3. The molecule has 0 saturated heterocycles. The van der Waals surface area contributed by atoms with Crippen LogP contribution in [-0.2, 0) is 16.1 Å². The van der Waals surface area contributed by atoms with Gasteiger partial charge >= 0.3 is 103 Å². The van der Waals surface area contributed by atoms with Crippen molar-refractivity contribution in [1.29, 1.82) is 0 Å². The summed E-state index contributed by atoms with van der Waals surface area (Å²) in [5.41, 5.74) is 9.37. The van der Waals surface area contributed by atoms with Crippen LogP contribution in [0.25, 0.3) is 54.6 Å². The average molecular weight is 806 g/mol. The van der Waals surface area contributed by atoms with Gasteiger partial charge in [-0.1, -0.05) is 149 Å². The largest absolute Gasteiger partial charge is 1.00 e. The molecular weight excluding hydrogens is 773 g/mol. The molecule has 53 heavy (non-hydrogen) atoms. The number of carbonyl (C=O) groups excluding carboxylic acids is 1. The molecule has 7 aromatic carbocycles. The van der Waals surface area contributed by atoms with Gasteiger partial charge in [-0.2, -0.15) is 0 Å². The van der Waals surface area contributed by atoms with Gasteiger partial charge in [0.05, 0.1) is 33.9 Å². The summed E-state index contributed by atoms with van der Waals surface area (Å²) in [5.74, 6) is 0. The van der Waals surface area contributed by atoms with Crippen LogP contribution in [0, 0.1) is 6.08 Å². The number of halogens is 1. The summed E-state index contributed by atoms with van der Waals surface area (Å²) in [5, 5.41) is 16.1. The molecule has 7 heteroatoms. The second-order valence-electron chi connectivity index (χ2n) is 11.9. The van der Waals surface area contributed by atoms with E-state index in [1.165, 1.54) is 71.3 Å². The van der Waals surface area contributed by atoms with E-state index in [9.17, 15) is 0 Å². The van der Waals surface area contributed by atoms with Gasteiger partial charge in [0.15, 0.2) is 0 Å². The van der Waals surface area contributed by atoms with E-state index in [2.05, 4.69) is 189 Å². The normalized spacial score (nSPS) is 11.7. The number of hydrogen-bond donors (Lipinski definition) is 0. The van der Waals surface area contributed by atoms with Gasteiger partial charge in [0.1, 0.15) is 12.2 Å². The molecule has 0 fully saturated rings. The van der Waals surface area contributed by atoms with Crippen molar-refractivity contribution in [3.63, 3.8) is 0 Å². The van der Waals surface area contributed by atoms with Crippen molar-refractivity contribution >= 4 is 71.3 Å². The van der Waals surface area contributed by atoms with Gasteiger partial charge in [0.25, 0.3) is 6.47 Å². The molecule has 1 aromatic heterocycles. The summed E-state index contributed by atoms with van der Waals surface area (Å²) in [7, 11) is 0. The van der Waals surface area contributed by atoms with E-state index >= 15 is 0 Å². The van der Waals surface area contributed by atoms with E-state index in [4.69, 9.17) is 10.1 Å². The first-order valence-corrected chi connectivity index (χ1v) is 17.4. The van der Waals surface area contributed by atoms with Crippen LogP contribution in [0.3, 0.4) is 0 Å². The minimum atomic E-state index is -0.181. The zero-order valence-corrected chi connectivity index (χ0v) is 37.4. The van der Waals surface area contributed by atoms with Crippen LogP contribution in [0.1, 0.15) is 12.6 Å². The number of carbonyl (C=O) groups is 1. The van der Waals surface area contributed by atoms with Gasteiger partial charge in [-0.15, -0.1) is 0 Å². The Balaban J connectivity index is 0.000000180. The quantitative estimate of drug-likeness (QED) is 0.0812. The first-order chi connectivity index (χ1) is 25.2. The zero-order valence-electron chi connectivity index (χ0n) is 30.6. The molecule has 0 N–H and O–H groups in total. The number of allylic oxidation sites excluding steroid dienone is 6. The van der Waals surface area contributed by atoms with Gasteiger partial charge < -0.3 is 16.1 Å². The molecule has 10 rings (SSSR count). The SMILES string of the molecule is Brc1cccc2ccccc12.O=CO[O-].[C+]1=CC2=C(C=C1)c1ccccc1C2.[H-].[K+].[K+].c1ccc2c(-n3c4ccccc4c4ccccc43)cccc2c1. The number of fused-ring (bicyclic) bond motifs is 7. The molecule has 0 bridgehead atoms. The second-order valence-corrected chi connectivity index (χ2v) is 12.8. The van der Waals surface area contributed by atoms with Crippen LogP contribution in [-0.4, -0.2) is 11.0 Å². The van der Waals surface area contributed by atoms with Gasteiger partial charge in [0.2, 0.25) is 0 Å². The molecule has 0 amide bonds. The molecule has 2 aliphatic carbocycles. The molecule has 0 radical (unpaired) electrons. The Hall–Kier alpha value is -2.83. The maximum absolute atomic E-state index is 8.64. The number of benzene rings is 7. The van der Waals surface area contributed by atoms with Crippen molar-refractivity contribution in [3.8, 4) is 5.69 Å². The summed E-state index contributed by atoms with van der Waals surface area (Å²) in [4.78, 5) is 11.2. The third kappa shape index (κ3) is 9.35. The monoisotopic (exact) mass is 804 g/mol. The summed E-state index contributed by atoms with van der Waals surface area (Å²) in [6, 6.07) is 55.5. The van der Waals surface area contributed by atoms with Crippen LogP contribution >= 0.6 is 15.9 Å². The predicted octanol–water partition coefficient (Wildman–Crippen LogP) is 5.02. The fourth-order valence-electron chi connectivity index (χ4n) is 6.79. The number of nitrogens with zero attached hydrogens (tertiary/aromatic N) is 1. The first kappa shape index (κ1) is 41.3. The van der Waals surface area contributed by atoms with Crippen molar-refractivity contribution in [1.82, 2.24) is 4.57 Å². The van der Waals surface area contributed by atoms with Gasteiger partial charge in [-0.05, 0) is 46.0 Å². The van der Waals surface area contributed by atoms with E-state index in [1.807, 2.05) is 18.2 Å². The van der Waals surface area contributed by atoms with Gasteiger partial charge in [-0.3, -0.25) is 4.79 Å². The molecule has 0 unspecified atom stereocenters. The standard InChI is InChI=1S/C22H15N.C13H9.C10H7Br.CH2O3.2K.H/c1-2-10-17-16(8-1)9-7-15-20(17)23-21-13-5-3-11-18(21)19-12-4-6-14-22(19)23;1-3-7-12-10(5-1)9-11-6-2-4-8-13(11)12;11-10-7-3-5-8-4-1-2-6-9(8)10;2-1-4-3;;;/h1-15H;1,3-8H,9H2;1-7H;1,3H;;;/q;+1;;;2*+1;-1/p-1. The molecular formula is C46H33BrK2NO3+. The maximum atomic E-state index is 8.64. The third-order valence-corrected chi connectivity index (χ3v) is 9.69. The number of rotatable bonds is 2. The van der Waals surface area contributed by atoms with Crippen molar-refractivity contribution in [2.45, 2.75) is 6.42 Å². The van der Waals surface area contributed by atoms with E-state index in [0.29, 0.717) is 0 Å². The zero-order chi connectivity index (χ0) is 35.0. The first-order valence-electron chi connectivity index (χ1n) is 16.6. The van der Waals surface area contributed by atoms with Crippen molar-refractivity contribution in [2.24, 2.45) is 0 Å². The third-order valence-electron chi connectivity index (χ3n) is 9.00. The van der Waals surface area contributed by atoms with Gasteiger partial charge in [-0.25, -0.2) is 0 Å². The van der Waals surface area contributed by atoms with Crippen molar-refractivity contribution in [3.05, 3.63) is 203 Å². The molecule has 248 valence electrons. The molecule has 8 aromatic rings. The minimum Gasteiger partial charge on any atom is -1.00 e. The molecule has 0 atom stereocenters. The Morgan fingerprint density at radius 2 is 1.15 bits per heavy atom. The minimum absolute atomic E-state index is 0. The Labute approximate surface area is 404 Å². The van der Waals surface area contributed by atoms with Crippen LogP contribution in [0.5, 0.6) is 0 Å². The Morgan fingerprint density at radius 1 is 0.642 bits per heavy atom. The second kappa shape index (κ2) is 20.2. The van der Waals surface area contributed by atoms with E-state index in [-0.39, 0.29) is 111 Å². The summed E-state index contributed by atoms with van der Waals surface area (Å²) >= 11 is 3.50. The summed E-state index contributed by atoms with van der Waals surface area (Å²) in [6.07, 6.45) is 10.4. The fraction of sp³-hybridized carbons (Fsp3) is 0.0217. The average Bonchev–Trinajstić information content (AvgIpc) is 3.75. The fourth-order valence-corrected chi connectivity index (χ4v) is 7.30. The Kier molecular flexibility index (Phi) is 15.8. The molecule has 1 heterocycles. The summed E-state index contributed by atoms with van der Waals surface area (Å²) in [6.45, 7) is -0.181. The molecule has 0 saturated carbocycles. The van der Waals surface area contributed by atoms with E-state index < -0.39 is 0 Å². The van der Waals surface area contributed by atoms with Crippen molar-refractivity contribution < 1.29 is 119 Å². The topological polar surface area (TPSA) is 54.3 Å². The Bertz CT molecular complexity index is 2550. The van der Waals surface area contributed by atoms with Crippen LogP contribution in [0.2, 0.25) is 0 Å². The van der Waals surface area contributed by atoms with E-state index in [1.54, 1.807) is 0 Å². The molecule has 2 aliphatic rings. The number of para-hydroxylation sites is 2. The molecule has 0 spiro atoms. The molecule has 0 aliphatic heterocycles. The summed E-state index contributed by atoms with van der Waals surface area (Å²) < 4.78 is 3.54. The Morgan fingerprint density at radius 3 is 1.79 bits per heavy atom. The van der Waals surface area contributed by atoms with Gasteiger partial charge in [0, 0.05) is 38.7 Å². The van der Waals surface area contributed by atoms with Crippen molar-refractivity contribution in [2.75, 3.05) is 0 Å². The predicted molar refractivity (Wildman–Crippen MR) is 212 cm³/mol. The smallest absolute Gasteiger partial charge is 1.00 e. The van der Waals surface area contributed by atoms with E-state index in [0.717, 1.165) is 10.9 Å². The van der Waals surface area contributed by atoms with Crippen LogP contribution < -0.4 is 108 Å².